The lowest BCUT2D eigenvalue weighted by atomic mass is 9.96. The summed E-state index contributed by atoms with van der Waals surface area (Å²) < 4.78 is 2.35. The first-order valence-electron chi connectivity index (χ1n) is 7.02. The van der Waals surface area contributed by atoms with Crippen LogP contribution in [0, 0.1) is 5.92 Å². The summed E-state index contributed by atoms with van der Waals surface area (Å²) in [6.07, 6.45) is 11.1. The molecule has 1 aliphatic heterocycles. The highest BCUT2D eigenvalue weighted by Crippen LogP contribution is 2.30. The van der Waals surface area contributed by atoms with Gasteiger partial charge in [0.15, 0.2) is 0 Å². The molecule has 17 heavy (non-hydrogen) atoms. The van der Waals surface area contributed by atoms with E-state index in [2.05, 4.69) is 20.1 Å². The van der Waals surface area contributed by atoms with Crippen molar-refractivity contribution in [2.24, 2.45) is 5.92 Å². The summed E-state index contributed by atoms with van der Waals surface area (Å²) in [5, 5.41) is 11.9. The first kappa shape index (κ1) is 11.2. The van der Waals surface area contributed by atoms with Crippen molar-refractivity contribution in [1.82, 2.24) is 20.1 Å². The van der Waals surface area contributed by atoms with Gasteiger partial charge in [-0.1, -0.05) is 12.8 Å². The molecule has 0 amide bonds. The number of rotatable bonds is 3. The van der Waals surface area contributed by atoms with Crippen LogP contribution in [0.25, 0.3) is 0 Å². The fraction of sp³-hybridized carbons (Fsp3) is 0.846. The summed E-state index contributed by atoms with van der Waals surface area (Å²) in [6, 6.07) is 0.677. The largest absolute Gasteiger partial charge is 0.316 e. The molecule has 1 aliphatic carbocycles. The predicted octanol–water partition coefficient (Wildman–Crippen LogP) is 1.94. The molecular formula is C13H22N4. The van der Waals surface area contributed by atoms with Crippen LogP contribution in [-0.4, -0.2) is 27.9 Å². The number of nitrogens with one attached hydrogen (secondary N) is 1. The molecule has 3 rings (SSSR count). The van der Waals surface area contributed by atoms with Gasteiger partial charge in [-0.05, 0) is 44.7 Å². The molecule has 1 saturated carbocycles. The van der Waals surface area contributed by atoms with Crippen LogP contribution in [0.15, 0.2) is 6.33 Å². The van der Waals surface area contributed by atoms with E-state index in [1.165, 1.54) is 50.9 Å². The highest BCUT2D eigenvalue weighted by Gasteiger charge is 2.22. The monoisotopic (exact) mass is 234 g/mol. The number of hydrogen-bond acceptors (Lipinski definition) is 3. The van der Waals surface area contributed by atoms with E-state index in [0.717, 1.165) is 18.9 Å². The molecule has 1 unspecified atom stereocenters. The average molecular weight is 234 g/mol. The van der Waals surface area contributed by atoms with Crippen LogP contribution in [0.4, 0.5) is 0 Å². The fourth-order valence-electron chi connectivity index (χ4n) is 3.26. The number of hydrogen-bond donors (Lipinski definition) is 1. The zero-order valence-electron chi connectivity index (χ0n) is 10.4. The molecule has 1 aromatic rings. The van der Waals surface area contributed by atoms with Crippen molar-refractivity contribution in [2.75, 3.05) is 13.1 Å². The molecule has 2 heterocycles. The second kappa shape index (κ2) is 5.17. The maximum atomic E-state index is 4.34. The molecular weight excluding hydrogens is 212 g/mol. The lowest BCUT2D eigenvalue weighted by Crippen LogP contribution is -2.31. The topological polar surface area (TPSA) is 42.7 Å². The van der Waals surface area contributed by atoms with Gasteiger partial charge in [0.2, 0.25) is 0 Å². The summed E-state index contributed by atoms with van der Waals surface area (Å²) in [7, 11) is 0. The van der Waals surface area contributed by atoms with E-state index in [4.69, 9.17) is 0 Å². The Kier molecular flexibility index (Phi) is 3.41. The van der Waals surface area contributed by atoms with Crippen molar-refractivity contribution >= 4 is 0 Å². The van der Waals surface area contributed by atoms with Crippen LogP contribution >= 0.6 is 0 Å². The molecule has 1 aromatic heterocycles. The first-order chi connectivity index (χ1) is 8.43. The highest BCUT2D eigenvalue weighted by atomic mass is 15.3. The minimum absolute atomic E-state index is 0.677. The Morgan fingerprint density at radius 2 is 2.12 bits per heavy atom. The number of aromatic nitrogens is 3. The molecule has 1 N–H and O–H groups in total. The molecule has 0 bridgehead atoms. The standard InChI is InChI=1S/C13H22N4/c1-2-6-12(5-1)17-10-15-16-13(17)8-11-4-3-7-14-9-11/h10-12,14H,1-9H2. The van der Waals surface area contributed by atoms with E-state index >= 15 is 0 Å². The minimum atomic E-state index is 0.677. The summed E-state index contributed by atoms with van der Waals surface area (Å²) in [5.41, 5.74) is 0. The lowest BCUT2D eigenvalue weighted by molar-refractivity contribution is 0.360. The van der Waals surface area contributed by atoms with Crippen molar-refractivity contribution in [3.05, 3.63) is 12.2 Å². The Balaban J connectivity index is 1.67. The number of nitrogens with zero attached hydrogens (tertiary/aromatic N) is 3. The quantitative estimate of drug-likeness (QED) is 0.869. The maximum Gasteiger partial charge on any atom is 0.133 e. The minimum Gasteiger partial charge on any atom is -0.316 e. The highest BCUT2D eigenvalue weighted by molar-refractivity contribution is 4.94. The first-order valence-corrected chi connectivity index (χ1v) is 7.02. The SMILES string of the molecule is c1nnc(CC2CCCNC2)n1C1CCCC1. The Morgan fingerprint density at radius 1 is 1.24 bits per heavy atom. The molecule has 4 heteroatoms. The van der Waals surface area contributed by atoms with E-state index in [9.17, 15) is 0 Å². The average Bonchev–Trinajstić information content (AvgIpc) is 3.00. The molecule has 1 saturated heterocycles. The molecule has 4 nitrogen and oxygen atoms in total. The van der Waals surface area contributed by atoms with Gasteiger partial charge in [-0.2, -0.15) is 0 Å². The molecule has 0 spiro atoms. The second-order valence-corrected chi connectivity index (χ2v) is 5.51. The third kappa shape index (κ3) is 2.51. The molecule has 2 fully saturated rings. The normalized spacial score (nSPS) is 26.5. The van der Waals surface area contributed by atoms with E-state index in [1.807, 2.05) is 6.33 Å². The van der Waals surface area contributed by atoms with Gasteiger partial charge >= 0.3 is 0 Å². The van der Waals surface area contributed by atoms with Gasteiger partial charge in [0.25, 0.3) is 0 Å². The van der Waals surface area contributed by atoms with Crippen molar-refractivity contribution in [1.29, 1.82) is 0 Å². The Labute approximate surface area is 103 Å². The fourth-order valence-corrected chi connectivity index (χ4v) is 3.26. The van der Waals surface area contributed by atoms with Crippen LogP contribution in [0.2, 0.25) is 0 Å². The number of piperidine rings is 1. The predicted molar refractivity (Wildman–Crippen MR) is 66.8 cm³/mol. The van der Waals surface area contributed by atoms with Gasteiger partial charge in [-0.15, -0.1) is 10.2 Å². The van der Waals surface area contributed by atoms with Crippen molar-refractivity contribution < 1.29 is 0 Å². The van der Waals surface area contributed by atoms with E-state index in [-0.39, 0.29) is 0 Å². The van der Waals surface area contributed by atoms with Crippen LogP contribution in [0.5, 0.6) is 0 Å². The van der Waals surface area contributed by atoms with Gasteiger partial charge in [0.05, 0.1) is 0 Å². The molecule has 0 aromatic carbocycles. The van der Waals surface area contributed by atoms with Crippen LogP contribution in [0.3, 0.4) is 0 Å². The van der Waals surface area contributed by atoms with Crippen molar-refractivity contribution in [3.63, 3.8) is 0 Å². The van der Waals surface area contributed by atoms with E-state index in [0.29, 0.717) is 6.04 Å². The van der Waals surface area contributed by atoms with Gasteiger partial charge in [-0.25, -0.2) is 0 Å². The molecule has 94 valence electrons. The molecule has 0 radical (unpaired) electrons. The van der Waals surface area contributed by atoms with Gasteiger partial charge in [0.1, 0.15) is 12.2 Å². The van der Waals surface area contributed by atoms with Crippen molar-refractivity contribution in [3.8, 4) is 0 Å². The van der Waals surface area contributed by atoms with Gasteiger partial charge < -0.3 is 9.88 Å². The van der Waals surface area contributed by atoms with E-state index in [1.54, 1.807) is 0 Å². The van der Waals surface area contributed by atoms with Gasteiger partial charge in [0, 0.05) is 12.5 Å². The second-order valence-electron chi connectivity index (χ2n) is 5.51. The third-order valence-electron chi connectivity index (χ3n) is 4.24. The van der Waals surface area contributed by atoms with Crippen molar-refractivity contribution in [2.45, 2.75) is 51.0 Å². The Morgan fingerprint density at radius 3 is 2.88 bits per heavy atom. The van der Waals surface area contributed by atoms with Crippen LogP contribution in [-0.2, 0) is 6.42 Å². The lowest BCUT2D eigenvalue weighted by Gasteiger charge is -2.23. The van der Waals surface area contributed by atoms with Gasteiger partial charge in [-0.3, -0.25) is 0 Å². The summed E-state index contributed by atoms with van der Waals surface area (Å²) >= 11 is 0. The molecule has 2 aliphatic rings. The van der Waals surface area contributed by atoms with Crippen LogP contribution in [0.1, 0.15) is 50.4 Å². The summed E-state index contributed by atoms with van der Waals surface area (Å²) in [6.45, 7) is 2.34. The van der Waals surface area contributed by atoms with Crippen LogP contribution < -0.4 is 5.32 Å². The third-order valence-corrected chi connectivity index (χ3v) is 4.24. The molecule has 1 atom stereocenters. The zero-order valence-corrected chi connectivity index (χ0v) is 10.4. The Hall–Kier alpha value is -0.900. The smallest absolute Gasteiger partial charge is 0.133 e. The maximum absolute atomic E-state index is 4.34. The zero-order chi connectivity index (χ0) is 11.5. The summed E-state index contributed by atoms with van der Waals surface area (Å²) in [4.78, 5) is 0. The Bertz CT molecular complexity index is 348. The van der Waals surface area contributed by atoms with E-state index < -0.39 is 0 Å². The summed E-state index contributed by atoms with van der Waals surface area (Å²) in [5.74, 6) is 1.97.